The van der Waals surface area contributed by atoms with Crippen LogP contribution in [0.2, 0.25) is 0 Å². The summed E-state index contributed by atoms with van der Waals surface area (Å²) >= 11 is 4.33. The van der Waals surface area contributed by atoms with Gasteiger partial charge in [-0.25, -0.2) is 0 Å². The lowest BCUT2D eigenvalue weighted by atomic mass is 9.77. The first-order chi connectivity index (χ1) is 12.8. The first-order valence-electron chi connectivity index (χ1n) is 11.3. The fourth-order valence-corrected chi connectivity index (χ4v) is 4.45. The molecule has 0 spiro atoms. The number of carbonyl (C=O) groups excluding carboxylic acids is 1. The van der Waals surface area contributed by atoms with Crippen molar-refractivity contribution in [3.63, 3.8) is 0 Å². The van der Waals surface area contributed by atoms with E-state index >= 15 is 0 Å². The Bertz CT molecular complexity index is 410. The molecular weight excluding hydrogens is 356 g/mol. The number of thiol groups is 1. The van der Waals surface area contributed by atoms with Crippen LogP contribution in [0.1, 0.15) is 105 Å². The highest BCUT2D eigenvalue weighted by atomic mass is 32.1. The fraction of sp³-hybridized carbons (Fsp3) is 0.957. The van der Waals surface area contributed by atoms with Gasteiger partial charge in [0.2, 0.25) is 0 Å². The van der Waals surface area contributed by atoms with E-state index in [-0.39, 0.29) is 12.0 Å². The SMILES string of the molecule is C[C@H]1CCCCCCCC[C@@H]([C@@H](C)CCCS)O[C@@H](O)CCC(C)(C)C1=O. The van der Waals surface area contributed by atoms with Crippen LogP contribution in [-0.2, 0) is 9.53 Å². The van der Waals surface area contributed by atoms with Gasteiger partial charge >= 0.3 is 0 Å². The lowest BCUT2D eigenvalue weighted by Gasteiger charge is -2.30. The molecule has 1 aliphatic rings. The molecule has 0 saturated carbocycles. The molecule has 0 amide bonds. The van der Waals surface area contributed by atoms with Crippen molar-refractivity contribution in [1.82, 2.24) is 0 Å². The molecule has 1 saturated heterocycles. The molecule has 4 heteroatoms. The summed E-state index contributed by atoms with van der Waals surface area (Å²) in [5, 5.41) is 10.5. The third-order valence-corrected chi connectivity index (χ3v) is 6.61. The minimum atomic E-state index is -0.774. The third-order valence-electron chi connectivity index (χ3n) is 6.29. The minimum Gasteiger partial charge on any atom is -0.368 e. The van der Waals surface area contributed by atoms with Gasteiger partial charge in [-0.2, -0.15) is 12.6 Å². The Morgan fingerprint density at radius 1 is 1.11 bits per heavy atom. The number of hydrogen-bond donors (Lipinski definition) is 2. The van der Waals surface area contributed by atoms with Crippen molar-refractivity contribution in [3.8, 4) is 0 Å². The van der Waals surface area contributed by atoms with Crippen molar-refractivity contribution in [2.75, 3.05) is 5.75 Å². The van der Waals surface area contributed by atoms with Crippen LogP contribution in [0.4, 0.5) is 0 Å². The maximum Gasteiger partial charge on any atom is 0.154 e. The number of hydrogen-bond acceptors (Lipinski definition) is 4. The summed E-state index contributed by atoms with van der Waals surface area (Å²) in [7, 11) is 0. The van der Waals surface area contributed by atoms with E-state index in [1.807, 2.05) is 13.8 Å². The molecule has 0 aliphatic carbocycles. The van der Waals surface area contributed by atoms with Crippen LogP contribution in [0.15, 0.2) is 0 Å². The molecular formula is C23H44O3S. The average molecular weight is 401 g/mol. The predicted octanol–water partition coefficient (Wildman–Crippen LogP) is 6.18. The van der Waals surface area contributed by atoms with E-state index in [2.05, 4.69) is 26.5 Å². The second-order valence-corrected chi connectivity index (χ2v) is 9.81. The molecule has 1 heterocycles. The third kappa shape index (κ3) is 9.80. The normalized spacial score (nSPS) is 30.7. The van der Waals surface area contributed by atoms with Crippen molar-refractivity contribution in [1.29, 1.82) is 0 Å². The Morgan fingerprint density at radius 2 is 1.70 bits per heavy atom. The molecule has 0 aromatic rings. The molecule has 4 atom stereocenters. The summed E-state index contributed by atoms with van der Waals surface area (Å²) in [5.74, 6) is 1.77. The van der Waals surface area contributed by atoms with Crippen molar-refractivity contribution in [2.45, 2.75) is 117 Å². The number of aliphatic hydroxyl groups excluding tert-OH is 1. The number of ketones is 1. The summed E-state index contributed by atoms with van der Waals surface area (Å²) in [6.45, 7) is 8.34. The molecule has 0 radical (unpaired) electrons. The van der Waals surface area contributed by atoms with E-state index in [0.29, 0.717) is 24.5 Å². The molecule has 0 bridgehead atoms. The molecule has 0 aromatic heterocycles. The van der Waals surface area contributed by atoms with Crippen molar-refractivity contribution >= 4 is 18.4 Å². The highest BCUT2D eigenvalue weighted by molar-refractivity contribution is 7.80. The Morgan fingerprint density at radius 3 is 2.33 bits per heavy atom. The van der Waals surface area contributed by atoms with Gasteiger partial charge in [-0.15, -0.1) is 0 Å². The van der Waals surface area contributed by atoms with E-state index < -0.39 is 11.7 Å². The Balaban J connectivity index is 2.73. The van der Waals surface area contributed by atoms with E-state index in [9.17, 15) is 9.90 Å². The van der Waals surface area contributed by atoms with Gasteiger partial charge in [-0.05, 0) is 50.2 Å². The number of Topliss-reactive ketones (excluding diaryl/α,β-unsaturated/α-hetero) is 1. The number of carbonyl (C=O) groups is 1. The summed E-state index contributed by atoms with van der Waals surface area (Å²) in [6, 6.07) is 0. The van der Waals surface area contributed by atoms with Gasteiger partial charge in [0.15, 0.2) is 6.29 Å². The number of rotatable bonds is 4. The van der Waals surface area contributed by atoms with Crippen LogP contribution >= 0.6 is 12.6 Å². The number of aliphatic hydroxyl groups is 1. The fourth-order valence-electron chi connectivity index (χ4n) is 4.26. The Kier molecular flexibility index (Phi) is 12.2. The topological polar surface area (TPSA) is 46.5 Å². The van der Waals surface area contributed by atoms with Crippen LogP contribution < -0.4 is 0 Å². The highest BCUT2D eigenvalue weighted by Crippen LogP contribution is 2.31. The van der Waals surface area contributed by atoms with Gasteiger partial charge in [0.1, 0.15) is 5.78 Å². The molecule has 3 nitrogen and oxygen atoms in total. The van der Waals surface area contributed by atoms with Crippen molar-refractivity contribution in [3.05, 3.63) is 0 Å². The second-order valence-electron chi connectivity index (χ2n) is 9.36. The van der Waals surface area contributed by atoms with Crippen LogP contribution in [0, 0.1) is 17.3 Å². The van der Waals surface area contributed by atoms with E-state index in [4.69, 9.17) is 4.74 Å². The second kappa shape index (κ2) is 13.2. The lowest BCUT2D eigenvalue weighted by Crippen LogP contribution is -2.33. The molecule has 1 aliphatic heterocycles. The monoisotopic (exact) mass is 400 g/mol. The molecule has 160 valence electrons. The van der Waals surface area contributed by atoms with Gasteiger partial charge < -0.3 is 9.84 Å². The van der Waals surface area contributed by atoms with Crippen molar-refractivity contribution in [2.24, 2.45) is 17.3 Å². The first-order valence-corrected chi connectivity index (χ1v) is 11.9. The smallest absolute Gasteiger partial charge is 0.154 e. The van der Waals surface area contributed by atoms with Crippen LogP contribution in [-0.4, -0.2) is 29.0 Å². The predicted molar refractivity (Wildman–Crippen MR) is 117 cm³/mol. The van der Waals surface area contributed by atoms with Crippen molar-refractivity contribution < 1.29 is 14.6 Å². The van der Waals surface area contributed by atoms with Crippen LogP contribution in [0.5, 0.6) is 0 Å². The van der Waals surface area contributed by atoms with E-state index in [1.54, 1.807) is 0 Å². The van der Waals surface area contributed by atoms with Gasteiger partial charge in [0.05, 0.1) is 6.10 Å². The summed E-state index contributed by atoms with van der Waals surface area (Å²) < 4.78 is 6.08. The van der Waals surface area contributed by atoms with E-state index in [0.717, 1.165) is 37.9 Å². The molecule has 0 aromatic carbocycles. The van der Waals surface area contributed by atoms with Gasteiger partial charge in [-0.3, -0.25) is 4.79 Å². The largest absolute Gasteiger partial charge is 0.368 e. The Labute approximate surface area is 173 Å². The zero-order valence-electron chi connectivity index (χ0n) is 18.2. The maximum atomic E-state index is 12.8. The summed E-state index contributed by atoms with van der Waals surface area (Å²) in [5.41, 5.74) is -0.395. The van der Waals surface area contributed by atoms with Gasteiger partial charge in [-0.1, -0.05) is 66.2 Å². The minimum absolute atomic E-state index is 0.102. The quantitative estimate of drug-likeness (QED) is 0.554. The molecule has 0 unspecified atom stereocenters. The van der Waals surface area contributed by atoms with Gasteiger partial charge in [0, 0.05) is 11.3 Å². The Hall–Kier alpha value is -0.0600. The van der Waals surface area contributed by atoms with Crippen LogP contribution in [0.3, 0.4) is 0 Å². The standard InChI is InChI=1S/C23H44O3S/c1-18(13-11-17-27)20-14-10-8-6-5-7-9-12-19(2)22(25)23(3,4)16-15-21(24)26-20/h18-21,24,27H,5-17H2,1-4H3/t18-,19-,20-,21+/m0/s1. The lowest BCUT2D eigenvalue weighted by molar-refractivity contribution is -0.160. The van der Waals surface area contributed by atoms with E-state index in [1.165, 1.54) is 32.1 Å². The molecule has 27 heavy (non-hydrogen) atoms. The zero-order valence-corrected chi connectivity index (χ0v) is 19.1. The zero-order chi connectivity index (χ0) is 20.3. The highest BCUT2D eigenvalue weighted by Gasteiger charge is 2.32. The van der Waals surface area contributed by atoms with Crippen LogP contribution in [0.25, 0.3) is 0 Å². The first kappa shape index (κ1) is 25.0. The number of ether oxygens (including phenoxy) is 1. The van der Waals surface area contributed by atoms with Gasteiger partial charge in [0.25, 0.3) is 0 Å². The molecule has 1 fully saturated rings. The average Bonchev–Trinajstić information content (AvgIpc) is 2.63. The summed E-state index contributed by atoms with van der Waals surface area (Å²) in [6.07, 6.45) is 12.0. The molecule has 1 N–H and O–H groups in total. The molecule has 1 rings (SSSR count). The maximum absolute atomic E-state index is 12.8. The summed E-state index contributed by atoms with van der Waals surface area (Å²) in [4.78, 5) is 12.8.